The number of aromatic nitrogens is 4. The lowest BCUT2D eigenvalue weighted by Crippen LogP contribution is -2.48. The van der Waals surface area contributed by atoms with Crippen molar-refractivity contribution in [3.05, 3.63) is 12.7 Å². The molecule has 0 bridgehead atoms. The van der Waals surface area contributed by atoms with Crippen LogP contribution in [0.4, 0.5) is 5.82 Å². The van der Waals surface area contributed by atoms with Crippen molar-refractivity contribution >= 4 is 36.2 Å². The van der Waals surface area contributed by atoms with Crippen molar-refractivity contribution in [2.75, 3.05) is 12.1 Å². The second-order valence-electron chi connectivity index (χ2n) is 12.4. The molecule has 0 amide bonds. The molecule has 3 rings (SSSR count). The van der Waals surface area contributed by atoms with E-state index in [9.17, 15) is 9.36 Å². The van der Waals surface area contributed by atoms with E-state index >= 15 is 0 Å². The van der Waals surface area contributed by atoms with E-state index < -0.39 is 25.1 Å². The molecule has 0 radical (unpaired) electrons. The Balaban J connectivity index is 1.76. The van der Waals surface area contributed by atoms with Gasteiger partial charge in [-0.25, -0.2) is 20.0 Å². The first-order chi connectivity index (χ1) is 19.3. The van der Waals surface area contributed by atoms with Gasteiger partial charge in [0.2, 0.25) is 0 Å². The highest BCUT2D eigenvalue weighted by atomic mass is 31.2. The van der Waals surface area contributed by atoms with E-state index in [0.717, 1.165) is 37.8 Å². The highest BCUT2D eigenvalue weighted by Gasteiger charge is 2.41. The van der Waals surface area contributed by atoms with Gasteiger partial charge in [-0.05, 0) is 71.1 Å². The van der Waals surface area contributed by atoms with Crippen LogP contribution in [0.3, 0.4) is 0 Å². The number of fused-ring (bicyclic) bond motifs is 1. The van der Waals surface area contributed by atoms with Crippen molar-refractivity contribution < 1.29 is 23.5 Å². The van der Waals surface area contributed by atoms with Crippen LogP contribution in [0.2, 0.25) is 0 Å². The Morgan fingerprint density at radius 1 is 1.12 bits per heavy atom. The maximum absolute atomic E-state index is 14.2. The molecule has 2 aromatic heterocycles. The summed E-state index contributed by atoms with van der Waals surface area (Å²) in [5.41, 5.74) is 6.51. The fourth-order valence-electron chi connectivity index (χ4n) is 4.84. The van der Waals surface area contributed by atoms with E-state index in [-0.39, 0.29) is 12.5 Å². The Kier molecular flexibility index (Phi) is 11.7. The Morgan fingerprint density at radius 3 is 2.41 bits per heavy atom. The number of rotatable bonds is 15. The topological polar surface area (TPSA) is 156 Å². The average molecular weight is 594 g/mol. The van der Waals surface area contributed by atoms with Gasteiger partial charge in [-0.15, -0.1) is 0 Å². The van der Waals surface area contributed by atoms with Crippen LogP contribution in [-0.4, -0.2) is 55.3 Å². The maximum atomic E-state index is 14.2. The number of nitrogens with one attached hydrogen (secondary N) is 1. The van der Waals surface area contributed by atoms with Crippen LogP contribution in [0.5, 0.6) is 0 Å². The second kappa shape index (κ2) is 14.6. The number of carbonyl (C=O) groups excluding carboxylic acids is 1. The highest BCUT2D eigenvalue weighted by Crippen LogP contribution is 2.46. The Labute approximate surface area is 243 Å². The first kappa shape index (κ1) is 32.9. The quantitative estimate of drug-likeness (QED) is 0.114. The average Bonchev–Trinajstić information content (AvgIpc) is 3.30. The van der Waals surface area contributed by atoms with E-state index in [1.807, 2.05) is 6.92 Å². The van der Waals surface area contributed by atoms with Gasteiger partial charge in [-0.2, -0.15) is 0 Å². The monoisotopic (exact) mass is 593 g/mol. The number of hydrogen-bond acceptors (Lipinski definition) is 10. The molecule has 1 aliphatic rings. The molecule has 2 atom stereocenters. The van der Waals surface area contributed by atoms with Crippen LogP contribution in [0.15, 0.2) is 17.8 Å². The molecule has 1 saturated carbocycles. The van der Waals surface area contributed by atoms with Crippen LogP contribution in [0, 0.1) is 11.8 Å². The van der Waals surface area contributed by atoms with Gasteiger partial charge in [0.05, 0.1) is 24.7 Å². The predicted octanol–water partition coefficient (Wildman–Crippen LogP) is 5.67. The molecule has 12 nitrogen and oxygen atoms in total. The largest absolute Gasteiger partial charge is 0.461 e. The van der Waals surface area contributed by atoms with Crippen molar-refractivity contribution in [1.29, 1.82) is 0 Å². The number of imidazole rings is 1. The normalized spacial score (nSPS) is 17.0. The fourth-order valence-corrected chi connectivity index (χ4v) is 6.63. The number of nitrogens with two attached hydrogens (primary N) is 1. The zero-order valence-electron chi connectivity index (χ0n) is 25.6. The molecule has 230 valence electrons. The third kappa shape index (κ3) is 10.0. The summed E-state index contributed by atoms with van der Waals surface area (Å²) in [7, 11) is -3.82. The van der Waals surface area contributed by atoms with Gasteiger partial charge >= 0.3 is 13.5 Å². The van der Waals surface area contributed by atoms with E-state index in [4.69, 9.17) is 19.8 Å². The summed E-state index contributed by atoms with van der Waals surface area (Å²) in [6, 6.07) is 0. The Morgan fingerprint density at radius 2 is 1.78 bits per heavy atom. The van der Waals surface area contributed by atoms with Gasteiger partial charge in [0, 0.05) is 0 Å². The van der Waals surface area contributed by atoms with Crippen molar-refractivity contribution in [3.8, 4) is 0 Å². The molecule has 3 N–H and O–H groups in total. The lowest BCUT2D eigenvalue weighted by Gasteiger charge is -2.31. The zero-order chi connectivity index (χ0) is 30.2. The fraction of sp³-hybridized carbons (Fsp3) is 0.750. The SMILES string of the molecule is CC(C)CC(CC(C)C)=NO[P@@](=O)(CO[C@H](C)Cn1cnc2c(N)ncnc21)NC(C)(C)C(=O)OC1CCCCC1. The molecule has 0 aromatic carbocycles. The molecule has 1 aliphatic carbocycles. The third-order valence-electron chi connectivity index (χ3n) is 6.79. The minimum absolute atomic E-state index is 0.126. The second-order valence-corrected chi connectivity index (χ2v) is 14.4. The summed E-state index contributed by atoms with van der Waals surface area (Å²) in [4.78, 5) is 25.7. The number of nitrogen functional groups attached to an aromatic ring is 1. The summed E-state index contributed by atoms with van der Waals surface area (Å²) in [6.45, 7) is 13.9. The minimum atomic E-state index is -3.82. The number of esters is 1. The van der Waals surface area contributed by atoms with Crippen molar-refractivity contribution in [3.63, 3.8) is 0 Å². The van der Waals surface area contributed by atoms with Gasteiger partial charge < -0.3 is 24.4 Å². The van der Waals surface area contributed by atoms with Crippen molar-refractivity contribution in [2.24, 2.45) is 17.0 Å². The molecular weight excluding hydrogens is 545 g/mol. The molecule has 41 heavy (non-hydrogen) atoms. The summed E-state index contributed by atoms with van der Waals surface area (Å²) in [5.74, 6) is 0.522. The smallest absolute Gasteiger partial charge is 0.365 e. The number of anilines is 1. The number of carbonyl (C=O) groups is 1. The number of hydrogen-bond donors (Lipinski definition) is 2. The standard InChI is InChI=1S/C28H48N7O5P/c1-19(2)13-22(14-20(3)4)33-40-41(37,34-28(6,7)27(36)39-23-11-9-8-10-12-23)18-38-21(5)15-35-17-32-24-25(29)30-16-31-26(24)35/h16-17,19-21,23H,8-15,18H2,1-7H3,(H,34,37)(H2,29,30,31)/t21-,41+/m1/s1. The van der Waals surface area contributed by atoms with Gasteiger partial charge in [-0.3, -0.25) is 9.36 Å². The van der Waals surface area contributed by atoms with Gasteiger partial charge in [0.15, 0.2) is 11.5 Å². The molecule has 0 spiro atoms. The summed E-state index contributed by atoms with van der Waals surface area (Å²) in [6.07, 6.45) is 8.47. The number of ether oxygens (including phenoxy) is 2. The molecule has 0 unspecified atom stereocenters. The summed E-state index contributed by atoms with van der Waals surface area (Å²) in [5, 5.41) is 7.30. The molecule has 2 aromatic rings. The Hall–Kier alpha value is -2.56. The molecule has 1 fully saturated rings. The van der Waals surface area contributed by atoms with Crippen LogP contribution in [-0.2, 0) is 30.0 Å². The van der Waals surface area contributed by atoms with Crippen LogP contribution in [0.25, 0.3) is 11.2 Å². The Bertz CT molecular complexity index is 1210. The summed E-state index contributed by atoms with van der Waals surface area (Å²) >= 11 is 0. The molecular formula is C28H48N7O5P. The van der Waals surface area contributed by atoms with Crippen molar-refractivity contribution in [2.45, 2.75) is 118 Å². The molecule has 13 heteroatoms. The molecule has 0 saturated heterocycles. The van der Waals surface area contributed by atoms with Gasteiger partial charge in [0.1, 0.15) is 29.8 Å². The van der Waals surface area contributed by atoms with Crippen LogP contribution < -0.4 is 10.8 Å². The van der Waals surface area contributed by atoms with E-state index in [0.29, 0.717) is 48.2 Å². The number of nitrogens with zero attached hydrogens (tertiary/aromatic N) is 5. The van der Waals surface area contributed by atoms with Gasteiger partial charge in [-0.1, -0.05) is 39.3 Å². The molecule has 0 aliphatic heterocycles. The lowest BCUT2D eigenvalue weighted by molar-refractivity contribution is -0.156. The number of oxime groups is 1. The molecule has 2 heterocycles. The van der Waals surface area contributed by atoms with E-state index in [1.54, 1.807) is 24.7 Å². The van der Waals surface area contributed by atoms with Gasteiger partial charge in [0.25, 0.3) is 0 Å². The van der Waals surface area contributed by atoms with E-state index in [2.05, 4.69) is 52.9 Å². The minimum Gasteiger partial charge on any atom is -0.461 e. The predicted molar refractivity (Wildman–Crippen MR) is 160 cm³/mol. The summed E-state index contributed by atoms with van der Waals surface area (Å²) < 4.78 is 33.6. The maximum Gasteiger partial charge on any atom is 0.365 e. The van der Waals surface area contributed by atoms with E-state index in [1.165, 1.54) is 6.33 Å². The first-order valence-electron chi connectivity index (χ1n) is 14.6. The zero-order valence-corrected chi connectivity index (χ0v) is 26.5. The van der Waals surface area contributed by atoms with Crippen LogP contribution >= 0.6 is 7.52 Å². The lowest BCUT2D eigenvalue weighted by atomic mass is 9.97. The first-order valence-corrected chi connectivity index (χ1v) is 16.5. The third-order valence-corrected chi connectivity index (χ3v) is 8.52. The highest BCUT2D eigenvalue weighted by molar-refractivity contribution is 7.56. The van der Waals surface area contributed by atoms with Crippen LogP contribution in [0.1, 0.15) is 93.4 Å². The van der Waals surface area contributed by atoms with Crippen molar-refractivity contribution in [1.82, 2.24) is 24.6 Å².